The van der Waals surface area contributed by atoms with Gasteiger partial charge in [0.05, 0.1) is 0 Å². The van der Waals surface area contributed by atoms with E-state index >= 15 is 0 Å². The third kappa shape index (κ3) is 2.55. The van der Waals surface area contributed by atoms with Crippen LogP contribution >= 0.6 is 0 Å². The molecule has 1 N–H and O–H groups in total. The molecule has 2 heterocycles. The molecule has 0 saturated carbocycles. The van der Waals surface area contributed by atoms with E-state index in [1.807, 2.05) is 0 Å². The largest absolute Gasteiger partial charge is 0.444 e. The zero-order valence-corrected chi connectivity index (χ0v) is 12.1. The Morgan fingerprint density at radius 2 is 2.11 bits per heavy atom. The fourth-order valence-electron chi connectivity index (χ4n) is 2.69. The molecule has 2 unspecified atom stereocenters. The maximum Gasteiger partial charge on any atom is 0.410 e. The molecule has 2 atom stereocenters. The number of amides is 1. The number of halogens is 1. The van der Waals surface area contributed by atoms with Crippen molar-refractivity contribution >= 4 is 16.3 Å². The smallest absolute Gasteiger partial charge is 0.410 e. The summed E-state index contributed by atoms with van der Waals surface area (Å²) in [7, 11) is -4.72. The van der Waals surface area contributed by atoms with Crippen molar-refractivity contribution in [3.63, 3.8) is 0 Å². The van der Waals surface area contributed by atoms with Crippen molar-refractivity contribution in [3.8, 4) is 0 Å². The van der Waals surface area contributed by atoms with Gasteiger partial charge in [0.15, 0.2) is 0 Å². The highest BCUT2D eigenvalue weighted by molar-refractivity contribution is 7.87. The molecule has 0 bridgehead atoms. The first-order valence-electron chi connectivity index (χ1n) is 6.18. The van der Waals surface area contributed by atoms with Crippen molar-refractivity contribution in [1.29, 1.82) is 0 Å². The number of carbonyl (C=O) groups excluding carboxylic acids is 1. The second-order valence-electron chi connectivity index (χ2n) is 6.19. The molecule has 0 spiro atoms. The van der Waals surface area contributed by atoms with Gasteiger partial charge in [0.1, 0.15) is 10.3 Å². The molecule has 2 aliphatic rings. The van der Waals surface area contributed by atoms with Gasteiger partial charge >= 0.3 is 16.3 Å². The van der Waals surface area contributed by atoms with E-state index < -0.39 is 32.6 Å². The predicted octanol–water partition coefficient (Wildman–Crippen LogP) is 0.495. The van der Waals surface area contributed by atoms with Gasteiger partial charge in [0.25, 0.3) is 0 Å². The summed E-state index contributed by atoms with van der Waals surface area (Å²) in [4.78, 5) is 13.2. The number of hydrogen-bond donors (Lipinski definition) is 1. The Morgan fingerprint density at radius 3 is 2.58 bits per heavy atom. The minimum Gasteiger partial charge on any atom is -0.444 e. The Hall–Kier alpha value is -0.890. The van der Waals surface area contributed by atoms with E-state index in [-0.39, 0.29) is 19.6 Å². The quantitative estimate of drug-likeness (QED) is 0.713. The van der Waals surface area contributed by atoms with Gasteiger partial charge in [0.2, 0.25) is 0 Å². The third-order valence-electron chi connectivity index (χ3n) is 3.60. The van der Waals surface area contributed by atoms with Gasteiger partial charge in [-0.2, -0.15) is 8.42 Å². The Labute approximate surface area is 112 Å². The van der Waals surface area contributed by atoms with Gasteiger partial charge in [-0.15, -0.1) is 3.89 Å². The first-order chi connectivity index (χ1) is 8.55. The number of fused-ring (bicyclic) bond motifs is 1. The lowest BCUT2D eigenvalue weighted by Gasteiger charge is -2.26. The summed E-state index contributed by atoms with van der Waals surface area (Å²) in [6.45, 7) is 5.66. The number of hydrogen-bond acceptors (Lipinski definition) is 5. The van der Waals surface area contributed by atoms with E-state index in [1.54, 1.807) is 20.8 Å². The van der Waals surface area contributed by atoms with Crippen molar-refractivity contribution in [1.82, 2.24) is 10.2 Å². The van der Waals surface area contributed by atoms with Crippen LogP contribution < -0.4 is 5.32 Å². The summed E-state index contributed by atoms with van der Waals surface area (Å²) < 4.78 is 40.1. The van der Waals surface area contributed by atoms with Crippen LogP contribution in [0.3, 0.4) is 0 Å². The van der Waals surface area contributed by atoms with E-state index in [0.717, 1.165) is 0 Å². The lowest BCUT2D eigenvalue weighted by atomic mass is 10.00. The molecule has 2 fully saturated rings. The van der Waals surface area contributed by atoms with E-state index in [2.05, 4.69) is 5.32 Å². The number of carbonyl (C=O) groups is 1. The average Bonchev–Trinajstić information content (AvgIpc) is 2.68. The predicted molar refractivity (Wildman–Crippen MR) is 66.9 cm³/mol. The van der Waals surface area contributed by atoms with Gasteiger partial charge in [-0.05, 0) is 20.8 Å². The van der Waals surface area contributed by atoms with Gasteiger partial charge in [-0.1, -0.05) is 0 Å². The average molecular weight is 294 g/mol. The van der Waals surface area contributed by atoms with Crippen molar-refractivity contribution in [2.45, 2.75) is 31.1 Å². The number of ether oxygens (including phenoxy) is 1. The molecule has 0 radical (unpaired) electrons. The van der Waals surface area contributed by atoms with Crippen molar-refractivity contribution in [2.24, 2.45) is 5.92 Å². The zero-order valence-electron chi connectivity index (χ0n) is 11.3. The Morgan fingerprint density at radius 1 is 1.47 bits per heavy atom. The minimum absolute atomic E-state index is 0.0375. The van der Waals surface area contributed by atoms with Crippen molar-refractivity contribution in [2.75, 3.05) is 26.2 Å². The molecule has 19 heavy (non-hydrogen) atoms. The summed E-state index contributed by atoms with van der Waals surface area (Å²) in [5.41, 5.74) is -0.658. The normalized spacial score (nSPS) is 31.4. The van der Waals surface area contributed by atoms with Crippen molar-refractivity contribution in [3.05, 3.63) is 0 Å². The standard InChI is InChI=1S/C11H19FN2O4S/c1-10(2,3)18-9(15)14-5-8-4-13-6-11(8,7-14)19(12,16)17/h8,13H,4-7H2,1-3H3. The van der Waals surface area contributed by atoms with Crippen LogP contribution in [0.15, 0.2) is 0 Å². The molecule has 8 heteroatoms. The number of nitrogens with one attached hydrogen (secondary N) is 1. The summed E-state index contributed by atoms with van der Waals surface area (Å²) in [5.74, 6) is -0.421. The third-order valence-corrected chi connectivity index (χ3v) is 5.17. The van der Waals surface area contributed by atoms with Gasteiger partial charge in [0, 0.05) is 32.1 Å². The van der Waals surface area contributed by atoms with E-state index in [4.69, 9.17) is 4.74 Å². The molecule has 0 aliphatic carbocycles. The zero-order chi connectivity index (χ0) is 14.5. The SMILES string of the molecule is CC(C)(C)OC(=O)N1CC2CNCC2(S(=O)(=O)F)C1. The van der Waals surface area contributed by atoms with Crippen LogP contribution in [0.25, 0.3) is 0 Å². The topological polar surface area (TPSA) is 75.7 Å². The Kier molecular flexibility index (Phi) is 3.29. The van der Waals surface area contributed by atoms with Crippen LogP contribution in [0.4, 0.5) is 8.68 Å². The van der Waals surface area contributed by atoms with Gasteiger partial charge < -0.3 is 15.0 Å². The first kappa shape index (κ1) is 14.5. The van der Waals surface area contributed by atoms with Crippen LogP contribution in [0.5, 0.6) is 0 Å². The monoisotopic (exact) mass is 294 g/mol. The van der Waals surface area contributed by atoms with Gasteiger partial charge in [-0.25, -0.2) is 4.79 Å². The maximum absolute atomic E-state index is 13.6. The summed E-state index contributed by atoms with van der Waals surface area (Å²) in [5, 5.41) is 2.88. The van der Waals surface area contributed by atoms with E-state index in [9.17, 15) is 17.1 Å². The second-order valence-corrected chi connectivity index (χ2v) is 7.88. The summed E-state index contributed by atoms with van der Waals surface area (Å²) in [6, 6.07) is 0. The second kappa shape index (κ2) is 4.31. The van der Waals surface area contributed by atoms with Crippen LogP contribution in [0, 0.1) is 5.92 Å². The highest BCUT2D eigenvalue weighted by Gasteiger charge is 2.60. The lowest BCUT2D eigenvalue weighted by Crippen LogP contribution is -2.46. The van der Waals surface area contributed by atoms with Crippen LogP contribution in [0.2, 0.25) is 0 Å². The molecule has 0 aromatic heterocycles. The molecule has 2 saturated heterocycles. The molecule has 1 amide bonds. The summed E-state index contributed by atoms with van der Waals surface area (Å²) >= 11 is 0. The number of rotatable bonds is 1. The highest BCUT2D eigenvalue weighted by Crippen LogP contribution is 2.39. The van der Waals surface area contributed by atoms with Crippen LogP contribution in [-0.4, -0.2) is 55.9 Å². The first-order valence-corrected chi connectivity index (χ1v) is 7.56. The molecule has 110 valence electrons. The Balaban J connectivity index is 2.17. The summed E-state index contributed by atoms with van der Waals surface area (Å²) in [6.07, 6.45) is -0.593. The molecule has 6 nitrogen and oxygen atoms in total. The molecule has 0 aromatic carbocycles. The number of nitrogens with zero attached hydrogens (tertiary/aromatic N) is 1. The maximum atomic E-state index is 13.6. The van der Waals surface area contributed by atoms with E-state index in [0.29, 0.717) is 6.54 Å². The van der Waals surface area contributed by atoms with Crippen LogP contribution in [-0.2, 0) is 15.0 Å². The van der Waals surface area contributed by atoms with E-state index in [1.165, 1.54) is 4.90 Å². The molecular formula is C11H19FN2O4S. The lowest BCUT2D eigenvalue weighted by molar-refractivity contribution is 0.0283. The van der Waals surface area contributed by atoms with Gasteiger partial charge in [-0.3, -0.25) is 0 Å². The fourth-order valence-corrected chi connectivity index (χ4v) is 3.83. The molecule has 0 aromatic rings. The van der Waals surface area contributed by atoms with Crippen molar-refractivity contribution < 1.29 is 21.8 Å². The van der Waals surface area contributed by atoms with Crippen LogP contribution in [0.1, 0.15) is 20.8 Å². The fraction of sp³-hybridized carbons (Fsp3) is 0.909. The molecular weight excluding hydrogens is 275 g/mol. The number of likely N-dealkylation sites (tertiary alicyclic amines) is 1. The molecule has 2 aliphatic heterocycles. The highest BCUT2D eigenvalue weighted by atomic mass is 32.3. The minimum atomic E-state index is -4.72. The molecule has 2 rings (SSSR count). The Bertz CT molecular complexity index is 487.